The quantitative estimate of drug-likeness (QED) is 0.546. The van der Waals surface area contributed by atoms with Crippen molar-refractivity contribution < 1.29 is 23.1 Å². The van der Waals surface area contributed by atoms with E-state index >= 15 is 0 Å². The number of nitrogens with zero attached hydrogens (tertiary/aromatic N) is 3. The molecule has 0 bridgehead atoms. The van der Waals surface area contributed by atoms with E-state index in [0.29, 0.717) is 17.7 Å². The van der Waals surface area contributed by atoms with E-state index in [0.717, 1.165) is 5.69 Å². The predicted octanol–water partition coefficient (Wildman–Crippen LogP) is 3.71. The summed E-state index contributed by atoms with van der Waals surface area (Å²) in [6.45, 7) is 2.13. The van der Waals surface area contributed by atoms with Crippen LogP contribution in [0.5, 0.6) is 0 Å². The molecule has 1 aliphatic heterocycles. The first-order chi connectivity index (χ1) is 15.9. The van der Waals surface area contributed by atoms with E-state index in [-0.39, 0.29) is 36.0 Å². The van der Waals surface area contributed by atoms with E-state index in [4.69, 9.17) is 4.74 Å². The molecule has 1 saturated heterocycles. The molecule has 0 atom stereocenters. The van der Waals surface area contributed by atoms with Gasteiger partial charge in [-0.15, -0.1) is 5.10 Å². The van der Waals surface area contributed by atoms with Crippen LogP contribution in [0.2, 0.25) is 0 Å². The molecular weight excluding hydrogens is 452 g/mol. The molecule has 170 valence electrons. The normalized spacial score (nSPS) is 14.6. The van der Waals surface area contributed by atoms with Crippen LogP contribution >= 0.6 is 11.5 Å². The van der Waals surface area contributed by atoms with Gasteiger partial charge < -0.3 is 15.4 Å². The van der Waals surface area contributed by atoms with Crippen LogP contribution in [-0.4, -0.2) is 28.1 Å². The lowest BCUT2D eigenvalue weighted by atomic mass is 10.0. The molecule has 2 N–H and O–H groups in total. The monoisotopic (exact) mass is 471 g/mol. The zero-order valence-electron chi connectivity index (χ0n) is 17.5. The smallest absolute Gasteiger partial charge is 0.411 e. The Labute approximate surface area is 192 Å². The number of carbonyl (C=O) groups is 2. The van der Waals surface area contributed by atoms with Crippen LogP contribution in [0.1, 0.15) is 18.2 Å². The van der Waals surface area contributed by atoms with E-state index in [1.807, 2.05) is 0 Å². The van der Waals surface area contributed by atoms with Crippen molar-refractivity contribution in [3.63, 3.8) is 0 Å². The van der Waals surface area contributed by atoms with E-state index in [1.54, 1.807) is 23.6 Å². The number of carbonyl (C=O) groups excluding carboxylic acids is 2. The number of cyclic esters (lactones) is 1. The van der Waals surface area contributed by atoms with E-state index in [9.17, 15) is 18.4 Å². The van der Waals surface area contributed by atoms with Gasteiger partial charge in [0.25, 0.3) is 0 Å². The molecule has 0 radical (unpaired) electrons. The first-order valence-corrected chi connectivity index (χ1v) is 10.7. The third kappa shape index (κ3) is 5.38. The van der Waals surface area contributed by atoms with Crippen LogP contribution in [-0.2, 0) is 22.6 Å². The lowest BCUT2D eigenvalue weighted by Gasteiger charge is -2.14. The summed E-state index contributed by atoms with van der Waals surface area (Å²) in [5.41, 5.74) is 2.08. The van der Waals surface area contributed by atoms with Crippen LogP contribution in [0.25, 0.3) is 11.1 Å². The van der Waals surface area contributed by atoms with E-state index in [2.05, 4.69) is 20.2 Å². The number of nitrogens with one attached hydrogen (secondary N) is 2. The highest BCUT2D eigenvalue weighted by Crippen LogP contribution is 2.30. The van der Waals surface area contributed by atoms with Gasteiger partial charge in [0.05, 0.1) is 17.9 Å². The van der Waals surface area contributed by atoms with Crippen molar-refractivity contribution in [1.82, 2.24) is 20.2 Å². The second kappa shape index (κ2) is 9.84. The van der Waals surface area contributed by atoms with Gasteiger partial charge in [-0.25, -0.2) is 13.6 Å². The Bertz CT molecular complexity index is 1220. The molecular formula is C22H19F2N5O3S. The van der Waals surface area contributed by atoms with Crippen molar-refractivity contribution in [2.75, 3.05) is 11.4 Å². The minimum atomic E-state index is -0.685. The SMILES string of the molecule is CC(=O)N/C=C1\CN(c2ccc(-c3ccc(CNCc4csnn4)c(F)c3)c(F)c2)C(=O)O1. The summed E-state index contributed by atoms with van der Waals surface area (Å²) >= 11 is 1.25. The molecule has 1 aliphatic rings. The fourth-order valence-corrected chi connectivity index (χ4v) is 3.68. The molecule has 0 saturated carbocycles. The number of anilines is 1. The summed E-state index contributed by atoms with van der Waals surface area (Å²) < 4.78 is 38.3. The van der Waals surface area contributed by atoms with E-state index < -0.39 is 17.7 Å². The number of amides is 2. The maximum absolute atomic E-state index is 14.9. The molecule has 4 rings (SSSR count). The molecule has 8 nitrogen and oxygen atoms in total. The zero-order chi connectivity index (χ0) is 23.4. The largest absolute Gasteiger partial charge is 0.419 e. The second-order valence-corrected chi connectivity index (χ2v) is 7.85. The molecule has 2 aromatic carbocycles. The minimum absolute atomic E-state index is 0.0468. The average molecular weight is 471 g/mol. The van der Waals surface area contributed by atoms with Crippen molar-refractivity contribution in [2.24, 2.45) is 0 Å². The van der Waals surface area contributed by atoms with Crippen LogP contribution in [0.3, 0.4) is 0 Å². The molecule has 11 heteroatoms. The van der Waals surface area contributed by atoms with Crippen molar-refractivity contribution in [1.29, 1.82) is 0 Å². The molecule has 1 fully saturated rings. The molecule has 0 aliphatic carbocycles. The van der Waals surface area contributed by atoms with Crippen LogP contribution < -0.4 is 15.5 Å². The van der Waals surface area contributed by atoms with Gasteiger partial charge in [0.2, 0.25) is 5.91 Å². The number of halogens is 2. The predicted molar refractivity (Wildman–Crippen MR) is 118 cm³/mol. The Kier molecular flexibility index (Phi) is 6.71. The van der Waals surface area contributed by atoms with Crippen molar-refractivity contribution in [2.45, 2.75) is 20.0 Å². The molecule has 1 aromatic heterocycles. The van der Waals surface area contributed by atoms with Gasteiger partial charge in [0, 0.05) is 42.7 Å². The molecule has 0 unspecified atom stereocenters. The summed E-state index contributed by atoms with van der Waals surface area (Å²) in [5.74, 6) is -1.15. The maximum Gasteiger partial charge on any atom is 0.419 e. The third-order valence-electron chi connectivity index (χ3n) is 4.84. The number of rotatable bonds is 7. The number of hydrogen-bond donors (Lipinski definition) is 2. The Hall–Kier alpha value is -3.70. The molecule has 2 heterocycles. The van der Waals surface area contributed by atoms with Crippen molar-refractivity contribution in [3.8, 4) is 11.1 Å². The molecule has 3 aromatic rings. The van der Waals surface area contributed by atoms with Gasteiger partial charge in [0.15, 0.2) is 0 Å². The zero-order valence-corrected chi connectivity index (χ0v) is 18.3. The first kappa shape index (κ1) is 22.5. The van der Waals surface area contributed by atoms with Gasteiger partial charge in [-0.3, -0.25) is 9.69 Å². The standard InChI is InChI=1S/C22H19F2N5O3S/c1-13(30)26-10-18-11-29(22(31)32-18)17-4-5-19(21(24)7-17)14-2-3-15(20(23)6-14)8-25-9-16-12-33-28-27-16/h2-7,10,12,25H,8-9,11H2,1H3,(H,26,30)/b18-10+. The van der Waals surface area contributed by atoms with Gasteiger partial charge in [0.1, 0.15) is 17.4 Å². The fourth-order valence-electron chi connectivity index (χ4n) is 3.22. The van der Waals surface area contributed by atoms with Crippen LogP contribution in [0.15, 0.2) is 53.7 Å². The lowest BCUT2D eigenvalue weighted by Crippen LogP contribution is -2.23. The van der Waals surface area contributed by atoms with Gasteiger partial charge in [-0.2, -0.15) is 0 Å². The van der Waals surface area contributed by atoms with Crippen molar-refractivity contribution in [3.05, 3.63) is 76.6 Å². The van der Waals surface area contributed by atoms with Gasteiger partial charge >= 0.3 is 6.09 Å². The summed E-state index contributed by atoms with van der Waals surface area (Å²) in [6, 6.07) is 8.74. The Balaban J connectivity index is 1.45. The fraction of sp³-hybridized carbons (Fsp3) is 0.182. The molecule has 2 amide bonds. The minimum Gasteiger partial charge on any atom is -0.411 e. The summed E-state index contributed by atoms with van der Waals surface area (Å²) in [6.07, 6.45) is 0.604. The number of aromatic nitrogens is 2. The second-order valence-electron chi connectivity index (χ2n) is 7.24. The van der Waals surface area contributed by atoms with Crippen LogP contribution in [0, 0.1) is 11.6 Å². The maximum atomic E-state index is 14.9. The number of benzene rings is 2. The molecule has 33 heavy (non-hydrogen) atoms. The number of ether oxygens (including phenoxy) is 1. The summed E-state index contributed by atoms with van der Waals surface area (Å²) in [5, 5.41) is 11.2. The first-order valence-electron chi connectivity index (χ1n) is 9.91. The lowest BCUT2D eigenvalue weighted by molar-refractivity contribution is -0.118. The number of hydrogen-bond acceptors (Lipinski definition) is 7. The van der Waals surface area contributed by atoms with Crippen molar-refractivity contribution >= 4 is 29.2 Å². The molecule has 0 spiro atoms. The van der Waals surface area contributed by atoms with Gasteiger partial charge in [-0.05, 0) is 41.4 Å². The van der Waals surface area contributed by atoms with Crippen LogP contribution in [0.4, 0.5) is 19.3 Å². The highest BCUT2D eigenvalue weighted by molar-refractivity contribution is 7.03. The van der Waals surface area contributed by atoms with E-state index in [1.165, 1.54) is 47.8 Å². The average Bonchev–Trinajstić information content (AvgIpc) is 3.43. The van der Waals surface area contributed by atoms with Gasteiger partial charge in [-0.1, -0.05) is 16.6 Å². The third-order valence-corrected chi connectivity index (χ3v) is 5.40. The highest BCUT2D eigenvalue weighted by Gasteiger charge is 2.29. The Morgan fingerprint density at radius 3 is 2.76 bits per heavy atom. The summed E-state index contributed by atoms with van der Waals surface area (Å²) in [4.78, 5) is 24.3. The highest BCUT2D eigenvalue weighted by atomic mass is 32.1. The Morgan fingerprint density at radius 2 is 2.06 bits per heavy atom. The Morgan fingerprint density at radius 1 is 1.21 bits per heavy atom. The topological polar surface area (TPSA) is 96.5 Å². The summed E-state index contributed by atoms with van der Waals surface area (Å²) in [7, 11) is 0.